The van der Waals surface area contributed by atoms with Gasteiger partial charge >= 0.3 is 0 Å². The van der Waals surface area contributed by atoms with Crippen molar-refractivity contribution in [1.82, 2.24) is 9.55 Å². The number of rotatable bonds is 6. The molecule has 2 nitrogen and oxygen atoms in total. The Morgan fingerprint density at radius 1 is 1.35 bits per heavy atom. The van der Waals surface area contributed by atoms with E-state index in [4.69, 9.17) is 11.6 Å². The normalized spacial score (nSPS) is 13.1. The lowest BCUT2D eigenvalue weighted by Crippen LogP contribution is -2.04. The van der Waals surface area contributed by atoms with Gasteiger partial charge in [-0.25, -0.2) is 9.37 Å². The maximum atomic E-state index is 13.6. The van der Waals surface area contributed by atoms with Gasteiger partial charge in [0, 0.05) is 12.6 Å². The maximum absolute atomic E-state index is 13.6. The number of halogens is 3. The van der Waals surface area contributed by atoms with Crippen LogP contribution < -0.4 is 0 Å². The van der Waals surface area contributed by atoms with Gasteiger partial charge in [0.05, 0.1) is 20.9 Å². The second-order valence-electron chi connectivity index (χ2n) is 5.05. The molecule has 0 aliphatic rings. The number of imidazole rings is 1. The summed E-state index contributed by atoms with van der Waals surface area (Å²) in [5, 5.41) is -0.185. The Balaban J connectivity index is 2.37. The van der Waals surface area contributed by atoms with Crippen LogP contribution >= 0.6 is 27.5 Å². The van der Waals surface area contributed by atoms with Gasteiger partial charge in [-0.05, 0) is 35.3 Å². The van der Waals surface area contributed by atoms with Crippen LogP contribution in [0.2, 0.25) is 0 Å². The summed E-state index contributed by atoms with van der Waals surface area (Å²) >= 11 is 9.45. The Morgan fingerprint density at radius 3 is 2.75 bits per heavy atom. The molecule has 0 aliphatic heterocycles. The van der Waals surface area contributed by atoms with Gasteiger partial charge in [-0.2, -0.15) is 0 Å². The lowest BCUT2D eigenvalue weighted by Gasteiger charge is -2.10. The molecule has 0 amide bonds. The van der Waals surface area contributed by atoms with E-state index < -0.39 is 0 Å². The van der Waals surface area contributed by atoms with E-state index in [9.17, 15) is 4.39 Å². The molecule has 0 N–H and O–H groups in total. The molecule has 2 rings (SSSR count). The number of hydrogen-bond donors (Lipinski definition) is 0. The first kappa shape index (κ1) is 15.8. The number of hydrogen-bond acceptors (Lipinski definition) is 1. The molecule has 0 aliphatic carbocycles. The van der Waals surface area contributed by atoms with E-state index in [1.165, 1.54) is 25.3 Å². The van der Waals surface area contributed by atoms with Crippen LogP contribution in [-0.2, 0) is 6.54 Å². The molecule has 0 saturated heterocycles. The van der Waals surface area contributed by atoms with Gasteiger partial charge in [-0.15, -0.1) is 11.6 Å². The molecular formula is C15H19BrClFN2. The fourth-order valence-electron chi connectivity index (χ4n) is 2.37. The molecule has 1 atom stereocenters. The van der Waals surface area contributed by atoms with Crippen molar-refractivity contribution in [2.24, 2.45) is 0 Å². The first-order valence-electron chi connectivity index (χ1n) is 7.03. The summed E-state index contributed by atoms with van der Waals surface area (Å²) in [4.78, 5) is 4.48. The van der Waals surface area contributed by atoms with Gasteiger partial charge in [0.25, 0.3) is 0 Å². The Hall–Kier alpha value is -0.610. The molecule has 0 radical (unpaired) electrons. The highest BCUT2D eigenvalue weighted by atomic mass is 79.9. The fraction of sp³-hybridized carbons (Fsp3) is 0.533. The SMILES string of the molecule is CCCCCCn1c(C(C)Cl)nc2cc(F)c(Br)cc21. The molecule has 1 heterocycles. The highest BCUT2D eigenvalue weighted by Crippen LogP contribution is 2.28. The van der Waals surface area contributed by atoms with Crippen LogP contribution in [-0.4, -0.2) is 9.55 Å². The van der Waals surface area contributed by atoms with Crippen LogP contribution in [0.4, 0.5) is 4.39 Å². The molecule has 2 aromatic rings. The van der Waals surface area contributed by atoms with Crippen molar-refractivity contribution in [1.29, 1.82) is 0 Å². The zero-order chi connectivity index (χ0) is 14.7. The summed E-state index contributed by atoms with van der Waals surface area (Å²) in [5.41, 5.74) is 1.61. The number of unbranched alkanes of at least 4 members (excludes halogenated alkanes) is 3. The van der Waals surface area contributed by atoms with Crippen LogP contribution in [0.3, 0.4) is 0 Å². The number of aryl methyl sites for hydroxylation is 1. The molecule has 1 unspecified atom stereocenters. The number of fused-ring (bicyclic) bond motifs is 1. The third-order valence-electron chi connectivity index (χ3n) is 3.41. The predicted octanol–water partition coefficient (Wildman–Crippen LogP) is 5.82. The van der Waals surface area contributed by atoms with Gasteiger partial charge < -0.3 is 4.57 Å². The molecule has 1 aromatic carbocycles. The minimum atomic E-state index is -0.290. The first-order chi connectivity index (χ1) is 9.54. The van der Waals surface area contributed by atoms with Crippen molar-refractivity contribution < 1.29 is 4.39 Å². The predicted molar refractivity (Wildman–Crippen MR) is 85.8 cm³/mol. The fourth-order valence-corrected chi connectivity index (χ4v) is 2.87. The quantitative estimate of drug-likeness (QED) is 0.468. The minimum absolute atomic E-state index is 0.185. The van der Waals surface area contributed by atoms with Crippen molar-refractivity contribution in [2.45, 2.75) is 51.5 Å². The van der Waals surface area contributed by atoms with Gasteiger partial charge in [0.2, 0.25) is 0 Å². The van der Waals surface area contributed by atoms with E-state index in [0.29, 0.717) is 9.99 Å². The lowest BCUT2D eigenvalue weighted by atomic mass is 10.2. The average molecular weight is 362 g/mol. The van der Waals surface area contributed by atoms with E-state index in [2.05, 4.69) is 32.4 Å². The minimum Gasteiger partial charge on any atom is -0.327 e. The molecular weight excluding hydrogens is 343 g/mol. The van der Waals surface area contributed by atoms with Gasteiger partial charge in [-0.3, -0.25) is 0 Å². The second kappa shape index (κ2) is 6.90. The van der Waals surface area contributed by atoms with E-state index >= 15 is 0 Å². The molecule has 20 heavy (non-hydrogen) atoms. The van der Waals surface area contributed by atoms with Crippen LogP contribution in [0.15, 0.2) is 16.6 Å². The summed E-state index contributed by atoms with van der Waals surface area (Å²) in [6, 6.07) is 3.25. The Labute approximate surface area is 132 Å². The number of aromatic nitrogens is 2. The molecule has 0 bridgehead atoms. The van der Waals surface area contributed by atoms with E-state index in [1.54, 1.807) is 6.07 Å². The van der Waals surface area contributed by atoms with Crippen LogP contribution in [0, 0.1) is 5.82 Å². The average Bonchev–Trinajstić information content (AvgIpc) is 2.74. The molecule has 0 saturated carbocycles. The Bertz CT molecular complexity index is 595. The molecule has 0 spiro atoms. The zero-order valence-corrected chi connectivity index (χ0v) is 14.1. The van der Waals surface area contributed by atoms with Crippen LogP contribution in [0.1, 0.15) is 50.7 Å². The first-order valence-corrected chi connectivity index (χ1v) is 8.26. The third kappa shape index (κ3) is 3.34. The van der Waals surface area contributed by atoms with Gasteiger partial charge in [-0.1, -0.05) is 26.2 Å². The van der Waals surface area contributed by atoms with E-state index in [-0.39, 0.29) is 11.2 Å². The topological polar surface area (TPSA) is 17.8 Å². The maximum Gasteiger partial charge on any atom is 0.139 e. The van der Waals surface area contributed by atoms with Crippen molar-refractivity contribution in [3.63, 3.8) is 0 Å². The van der Waals surface area contributed by atoms with Crippen molar-refractivity contribution in [3.8, 4) is 0 Å². The molecule has 1 aromatic heterocycles. The zero-order valence-electron chi connectivity index (χ0n) is 11.8. The van der Waals surface area contributed by atoms with Crippen molar-refractivity contribution in [2.75, 3.05) is 0 Å². The summed E-state index contributed by atoms with van der Waals surface area (Å²) in [6.07, 6.45) is 4.72. The summed E-state index contributed by atoms with van der Waals surface area (Å²) in [5.74, 6) is 0.526. The van der Waals surface area contributed by atoms with Crippen LogP contribution in [0.25, 0.3) is 11.0 Å². The second-order valence-corrected chi connectivity index (χ2v) is 6.56. The van der Waals surface area contributed by atoms with Gasteiger partial charge in [0.1, 0.15) is 11.6 Å². The van der Waals surface area contributed by atoms with E-state index in [1.807, 2.05) is 6.92 Å². The smallest absolute Gasteiger partial charge is 0.139 e. The van der Waals surface area contributed by atoms with E-state index in [0.717, 1.165) is 24.3 Å². The number of benzene rings is 1. The summed E-state index contributed by atoms with van der Waals surface area (Å²) < 4.78 is 16.2. The highest BCUT2D eigenvalue weighted by molar-refractivity contribution is 9.10. The lowest BCUT2D eigenvalue weighted by molar-refractivity contribution is 0.574. The number of nitrogens with zero attached hydrogens (tertiary/aromatic N) is 2. The van der Waals surface area contributed by atoms with Crippen molar-refractivity contribution >= 4 is 38.6 Å². The van der Waals surface area contributed by atoms with Crippen molar-refractivity contribution in [3.05, 3.63) is 28.2 Å². The van der Waals surface area contributed by atoms with Gasteiger partial charge in [0.15, 0.2) is 0 Å². The Kier molecular flexibility index (Phi) is 5.44. The Morgan fingerprint density at radius 2 is 2.10 bits per heavy atom. The molecule has 0 fully saturated rings. The monoisotopic (exact) mass is 360 g/mol. The summed E-state index contributed by atoms with van der Waals surface area (Å²) in [6.45, 7) is 4.97. The molecule has 110 valence electrons. The largest absolute Gasteiger partial charge is 0.327 e. The standard InChI is InChI=1S/C15H19BrClFN2/c1-3-4-5-6-7-20-14-8-11(16)12(18)9-13(14)19-15(20)10(2)17/h8-10H,3-7H2,1-2H3. The highest BCUT2D eigenvalue weighted by Gasteiger charge is 2.16. The summed E-state index contributed by atoms with van der Waals surface area (Å²) in [7, 11) is 0. The molecule has 5 heteroatoms. The third-order valence-corrected chi connectivity index (χ3v) is 4.21. The number of alkyl halides is 1. The van der Waals surface area contributed by atoms with Crippen LogP contribution in [0.5, 0.6) is 0 Å².